The Morgan fingerprint density at radius 1 is 1.32 bits per heavy atom. The van der Waals surface area contributed by atoms with E-state index in [0.717, 1.165) is 6.42 Å². The van der Waals surface area contributed by atoms with Crippen molar-refractivity contribution in [3.63, 3.8) is 0 Å². The zero-order chi connectivity index (χ0) is 14.3. The fraction of sp³-hybridized carbons (Fsp3) is 0.467. The number of carbonyl (C=O) groups excluding carboxylic acids is 1. The molecular formula is C15H21N3O. The Kier molecular flexibility index (Phi) is 5.87. The zero-order valence-corrected chi connectivity index (χ0v) is 11.7. The van der Waals surface area contributed by atoms with Crippen LogP contribution in [0.25, 0.3) is 0 Å². The molecule has 0 aromatic heterocycles. The number of anilines is 1. The van der Waals surface area contributed by atoms with Crippen molar-refractivity contribution in [2.75, 3.05) is 11.9 Å². The highest BCUT2D eigenvalue weighted by molar-refractivity contribution is 5.84. The van der Waals surface area contributed by atoms with Crippen LogP contribution in [0.1, 0.15) is 32.8 Å². The van der Waals surface area contributed by atoms with Gasteiger partial charge in [0.1, 0.15) is 12.1 Å². The van der Waals surface area contributed by atoms with Crippen LogP contribution >= 0.6 is 0 Å². The molecule has 4 heteroatoms. The third-order valence-electron chi connectivity index (χ3n) is 2.83. The summed E-state index contributed by atoms with van der Waals surface area (Å²) in [6.45, 7) is 6.72. The molecule has 2 N–H and O–H groups in total. The first-order valence-corrected chi connectivity index (χ1v) is 6.58. The normalized spacial score (nSPS) is 11.7. The lowest BCUT2D eigenvalue weighted by atomic mass is 10.1. The van der Waals surface area contributed by atoms with Gasteiger partial charge < -0.3 is 10.6 Å². The lowest BCUT2D eigenvalue weighted by Crippen LogP contribution is -2.38. The Morgan fingerprint density at radius 3 is 2.63 bits per heavy atom. The van der Waals surface area contributed by atoms with Crippen molar-refractivity contribution in [2.24, 2.45) is 5.92 Å². The average Bonchev–Trinajstić information content (AvgIpc) is 2.38. The minimum atomic E-state index is -0.360. The van der Waals surface area contributed by atoms with E-state index in [1.807, 2.05) is 6.07 Å². The van der Waals surface area contributed by atoms with Crippen LogP contribution in [0.2, 0.25) is 0 Å². The number of nitrogens with zero attached hydrogens (tertiary/aromatic N) is 1. The second-order valence-corrected chi connectivity index (χ2v) is 5.00. The van der Waals surface area contributed by atoms with Crippen LogP contribution in [0.15, 0.2) is 24.3 Å². The van der Waals surface area contributed by atoms with E-state index in [1.54, 1.807) is 25.1 Å². The summed E-state index contributed by atoms with van der Waals surface area (Å²) in [5.41, 5.74) is 1.24. The van der Waals surface area contributed by atoms with Gasteiger partial charge in [-0.15, -0.1) is 0 Å². The first kappa shape index (κ1) is 15.0. The van der Waals surface area contributed by atoms with Crippen molar-refractivity contribution in [3.8, 4) is 6.07 Å². The Bertz CT molecular complexity index is 463. The van der Waals surface area contributed by atoms with Gasteiger partial charge in [-0.05, 0) is 31.4 Å². The van der Waals surface area contributed by atoms with Crippen molar-refractivity contribution < 1.29 is 4.79 Å². The number of hydrogen-bond donors (Lipinski definition) is 2. The predicted octanol–water partition coefficient (Wildman–Crippen LogP) is 2.52. The maximum Gasteiger partial charge on any atom is 0.242 e. The van der Waals surface area contributed by atoms with E-state index in [2.05, 4.69) is 30.6 Å². The fourth-order valence-electron chi connectivity index (χ4n) is 1.64. The highest BCUT2D eigenvalue weighted by atomic mass is 16.2. The van der Waals surface area contributed by atoms with Gasteiger partial charge >= 0.3 is 0 Å². The molecule has 0 fully saturated rings. The van der Waals surface area contributed by atoms with Crippen molar-refractivity contribution in [1.82, 2.24) is 5.32 Å². The van der Waals surface area contributed by atoms with Crippen LogP contribution in [-0.4, -0.2) is 18.5 Å². The number of benzene rings is 1. The van der Waals surface area contributed by atoms with Crippen molar-refractivity contribution in [2.45, 2.75) is 33.2 Å². The van der Waals surface area contributed by atoms with Crippen molar-refractivity contribution in [3.05, 3.63) is 29.8 Å². The summed E-state index contributed by atoms with van der Waals surface area (Å²) in [5.74, 6) is 0.524. The van der Waals surface area contributed by atoms with Gasteiger partial charge in [0.15, 0.2) is 0 Å². The Labute approximate surface area is 114 Å². The molecule has 0 spiro atoms. The fourth-order valence-corrected chi connectivity index (χ4v) is 1.64. The maximum atomic E-state index is 11.9. The van der Waals surface area contributed by atoms with Crippen LogP contribution in [0.4, 0.5) is 5.69 Å². The van der Waals surface area contributed by atoms with E-state index in [-0.39, 0.29) is 11.9 Å². The average molecular weight is 259 g/mol. The molecule has 1 amide bonds. The molecule has 0 saturated heterocycles. The predicted molar refractivity (Wildman–Crippen MR) is 76.7 cm³/mol. The molecule has 0 aliphatic rings. The minimum absolute atomic E-state index is 0.0478. The van der Waals surface area contributed by atoms with E-state index in [0.29, 0.717) is 23.7 Å². The molecule has 0 aliphatic carbocycles. The molecule has 19 heavy (non-hydrogen) atoms. The largest absolute Gasteiger partial charge is 0.373 e. The van der Waals surface area contributed by atoms with Gasteiger partial charge in [0.2, 0.25) is 5.91 Å². The first-order chi connectivity index (χ1) is 9.04. The molecule has 0 heterocycles. The summed E-state index contributed by atoms with van der Waals surface area (Å²) in [6, 6.07) is 8.92. The SMILES string of the molecule is CC(C)CCNC(=O)C(C)Nc1ccccc1C#N. The van der Waals surface area contributed by atoms with Crippen molar-refractivity contribution in [1.29, 1.82) is 5.26 Å². The molecule has 1 atom stereocenters. The maximum absolute atomic E-state index is 11.9. The Balaban J connectivity index is 2.52. The summed E-state index contributed by atoms with van der Waals surface area (Å²) in [4.78, 5) is 11.9. The molecule has 1 aromatic rings. The molecule has 0 saturated carbocycles. The third kappa shape index (κ3) is 5.01. The van der Waals surface area contributed by atoms with E-state index in [1.165, 1.54) is 0 Å². The zero-order valence-electron chi connectivity index (χ0n) is 11.7. The van der Waals surface area contributed by atoms with Gasteiger partial charge in [-0.25, -0.2) is 0 Å². The molecular weight excluding hydrogens is 238 g/mol. The molecule has 1 unspecified atom stereocenters. The second kappa shape index (κ2) is 7.42. The Morgan fingerprint density at radius 2 is 2.00 bits per heavy atom. The third-order valence-corrected chi connectivity index (χ3v) is 2.83. The standard InChI is InChI=1S/C15H21N3O/c1-11(2)8-9-17-15(19)12(3)18-14-7-5-4-6-13(14)10-16/h4-7,11-12,18H,8-9H2,1-3H3,(H,17,19). The Hall–Kier alpha value is -2.02. The van der Waals surface area contributed by atoms with Crippen molar-refractivity contribution >= 4 is 11.6 Å². The summed E-state index contributed by atoms with van der Waals surface area (Å²) in [6.07, 6.45) is 0.966. The topological polar surface area (TPSA) is 64.9 Å². The number of nitriles is 1. The van der Waals surface area contributed by atoms with E-state index < -0.39 is 0 Å². The highest BCUT2D eigenvalue weighted by Crippen LogP contribution is 2.14. The van der Waals surface area contributed by atoms with Crippen LogP contribution in [0.5, 0.6) is 0 Å². The number of rotatable bonds is 6. The summed E-state index contributed by atoms with van der Waals surface area (Å²) in [5, 5.41) is 14.9. The van der Waals surface area contributed by atoms with Gasteiger partial charge in [-0.2, -0.15) is 5.26 Å². The van der Waals surface area contributed by atoms with Gasteiger partial charge in [0.25, 0.3) is 0 Å². The molecule has 4 nitrogen and oxygen atoms in total. The number of amides is 1. The smallest absolute Gasteiger partial charge is 0.242 e. The van der Waals surface area contributed by atoms with Crippen LogP contribution < -0.4 is 10.6 Å². The number of carbonyl (C=O) groups is 1. The molecule has 1 rings (SSSR count). The molecule has 0 bridgehead atoms. The molecule has 1 aromatic carbocycles. The second-order valence-electron chi connectivity index (χ2n) is 5.00. The molecule has 0 radical (unpaired) electrons. The first-order valence-electron chi connectivity index (χ1n) is 6.58. The molecule has 0 aliphatic heterocycles. The summed E-state index contributed by atoms with van der Waals surface area (Å²) >= 11 is 0. The number of hydrogen-bond acceptors (Lipinski definition) is 3. The lowest BCUT2D eigenvalue weighted by molar-refractivity contribution is -0.121. The van der Waals surface area contributed by atoms with Gasteiger partial charge in [0, 0.05) is 6.54 Å². The van der Waals surface area contributed by atoms with E-state index >= 15 is 0 Å². The molecule has 102 valence electrons. The summed E-state index contributed by atoms with van der Waals surface area (Å²) < 4.78 is 0. The highest BCUT2D eigenvalue weighted by Gasteiger charge is 2.13. The quantitative estimate of drug-likeness (QED) is 0.825. The van der Waals surface area contributed by atoms with Crippen LogP contribution in [0.3, 0.4) is 0 Å². The monoisotopic (exact) mass is 259 g/mol. The van der Waals surface area contributed by atoms with E-state index in [9.17, 15) is 4.79 Å². The van der Waals surface area contributed by atoms with Gasteiger partial charge in [-0.1, -0.05) is 26.0 Å². The number of nitrogens with one attached hydrogen (secondary N) is 2. The lowest BCUT2D eigenvalue weighted by Gasteiger charge is -2.16. The van der Waals surface area contributed by atoms with Gasteiger partial charge in [0.05, 0.1) is 11.3 Å². The summed E-state index contributed by atoms with van der Waals surface area (Å²) in [7, 11) is 0. The van der Waals surface area contributed by atoms with Crippen LogP contribution in [-0.2, 0) is 4.79 Å². The van der Waals surface area contributed by atoms with Crippen LogP contribution in [0, 0.1) is 17.2 Å². The number of para-hydroxylation sites is 1. The van der Waals surface area contributed by atoms with Gasteiger partial charge in [-0.3, -0.25) is 4.79 Å². The van der Waals surface area contributed by atoms with E-state index in [4.69, 9.17) is 5.26 Å². The minimum Gasteiger partial charge on any atom is -0.373 e.